The van der Waals surface area contributed by atoms with E-state index in [0.29, 0.717) is 38.4 Å². The fourth-order valence-corrected chi connectivity index (χ4v) is 4.42. The summed E-state index contributed by atoms with van der Waals surface area (Å²) in [5.74, 6) is -1.56. The average Bonchev–Trinajstić information content (AvgIpc) is 3.23. The molecule has 2 aromatic carbocycles. The zero-order chi connectivity index (χ0) is 27.3. The molecular formula is C24H19F7N4O3. The molecule has 38 heavy (non-hydrogen) atoms. The number of benzene rings is 2. The van der Waals surface area contributed by atoms with Crippen LogP contribution >= 0.6 is 0 Å². The van der Waals surface area contributed by atoms with E-state index in [4.69, 9.17) is 9.15 Å². The van der Waals surface area contributed by atoms with E-state index in [2.05, 4.69) is 10.2 Å². The first-order valence-corrected chi connectivity index (χ1v) is 11.3. The minimum Gasteiger partial charge on any atom is -0.406 e. The summed E-state index contributed by atoms with van der Waals surface area (Å²) >= 11 is 0. The first-order valence-electron chi connectivity index (χ1n) is 11.3. The van der Waals surface area contributed by atoms with E-state index in [1.807, 2.05) is 4.90 Å². The molecule has 3 heterocycles. The molecular weight excluding hydrogens is 525 g/mol. The van der Waals surface area contributed by atoms with Crippen molar-refractivity contribution in [3.63, 3.8) is 0 Å². The molecule has 5 rings (SSSR count). The molecule has 14 heteroatoms. The minimum absolute atomic E-state index is 0.0257. The second-order valence-corrected chi connectivity index (χ2v) is 9.33. The lowest BCUT2D eigenvalue weighted by atomic mass is 9.78. The first-order chi connectivity index (χ1) is 17.8. The smallest absolute Gasteiger partial charge is 0.406 e. The Hall–Kier alpha value is -3.68. The molecule has 1 aromatic heterocycles. The summed E-state index contributed by atoms with van der Waals surface area (Å²) in [5.41, 5.74) is -3.54. The number of carbonyl (C=O) groups excluding carboxylic acids is 1. The topological polar surface area (TPSA) is 71.7 Å². The highest BCUT2D eigenvalue weighted by atomic mass is 19.4. The Labute approximate surface area is 210 Å². The first kappa shape index (κ1) is 25.9. The van der Waals surface area contributed by atoms with Crippen LogP contribution in [0.15, 0.2) is 46.9 Å². The summed E-state index contributed by atoms with van der Waals surface area (Å²) in [7, 11) is 0. The van der Waals surface area contributed by atoms with Crippen molar-refractivity contribution in [3.05, 3.63) is 70.9 Å². The Balaban J connectivity index is 1.39. The molecule has 0 saturated carbocycles. The molecule has 0 N–H and O–H groups in total. The maximum Gasteiger partial charge on any atom is 0.416 e. The van der Waals surface area contributed by atoms with Crippen molar-refractivity contribution >= 4 is 17.6 Å². The molecule has 0 bridgehead atoms. The summed E-state index contributed by atoms with van der Waals surface area (Å²) in [6, 6.07) is 5.85. The maximum atomic E-state index is 13.6. The Morgan fingerprint density at radius 3 is 2.24 bits per heavy atom. The predicted molar refractivity (Wildman–Crippen MR) is 118 cm³/mol. The van der Waals surface area contributed by atoms with Gasteiger partial charge >= 0.3 is 18.4 Å². The van der Waals surface area contributed by atoms with Gasteiger partial charge in [0.1, 0.15) is 12.4 Å². The van der Waals surface area contributed by atoms with Crippen LogP contribution in [0.1, 0.15) is 22.6 Å². The number of hydrogen-bond donors (Lipinski definition) is 0. The maximum absolute atomic E-state index is 13.6. The molecule has 0 aliphatic carbocycles. The van der Waals surface area contributed by atoms with Crippen LogP contribution in [-0.4, -0.2) is 42.4 Å². The van der Waals surface area contributed by atoms with Crippen molar-refractivity contribution in [3.8, 4) is 0 Å². The highest BCUT2D eigenvalue weighted by Crippen LogP contribution is 2.40. The quantitative estimate of drug-likeness (QED) is 0.413. The molecule has 2 aliphatic rings. The van der Waals surface area contributed by atoms with Gasteiger partial charge in [0.05, 0.1) is 36.2 Å². The summed E-state index contributed by atoms with van der Waals surface area (Å²) in [6.07, 6.45) is -11.0. The van der Waals surface area contributed by atoms with Crippen molar-refractivity contribution < 1.29 is 44.7 Å². The Bertz CT molecular complexity index is 1330. The van der Waals surface area contributed by atoms with Crippen LogP contribution in [0, 0.1) is 11.2 Å². The van der Waals surface area contributed by atoms with E-state index in [0.717, 1.165) is 17.0 Å². The fourth-order valence-electron chi connectivity index (χ4n) is 4.42. The van der Waals surface area contributed by atoms with Gasteiger partial charge in [-0.3, -0.25) is 4.79 Å². The standard InChI is InChI=1S/C24H19F7N4O3/c25-16-3-5-17(6-4-16)35(9-19-32-33-21(38-19)34-10-22(11-34)12-37-13-22)20(36)7-14-1-2-15(23(26,27)28)8-18(14)24(29,30)31/h1-6,8H,7,9-13H2. The van der Waals surface area contributed by atoms with Crippen LogP contribution in [0.2, 0.25) is 0 Å². The normalized spacial score (nSPS) is 16.8. The van der Waals surface area contributed by atoms with E-state index in [9.17, 15) is 35.5 Å². The molecule has 7 nitrogen and oxygen atoms in total. The highest BCUT2D eigenvalue weighted by molar-refractivity contribution is 5.94. The number of rotatable bonds is 6. The zero-order valence-corrected chi connectivity index (χ0v) is 19.4. The third-order valence-electron chi connectivity index (χ3n) is 6.41. The van der Waals surface area contributed by atoms with Crippen molar-refractivity contribution in [2.24, 2.45) is 5.41 Å². The number of anilines is 2. The predicted octanol–water partition coefficient (Wildman–Crippen LogP) is 4.86. The van der Waals surface area contributed by atoms with Crippen LogP contribution in [-0.2, 0) is 34.8 Å². The van der Waals surface area contributed by atoms with Gasteiger partial charge in [-0.25, -0.2) is 4.39 Å². The van der Waals surface area contributed by atoms with Gasteiger partial charge in [0, 0.05) is 18.8 Å². The van der Waals surface area contributed by atoms with E-state index < -0.39 is 47.2 Å². The van der Waals surface area contributed by atoms with Gasteiger partial charge in [-0.1, -0.05) is 11.2 Å². The van der Waals surface area contributed by atoms with Gasteiger partial charge in [0.2, 0.25) is 11.8 Å². The van der Waals surface area contributed by atoms with Gasteiger partial charge in [-0.2, -0.15) is 26.3 Å². The number of aromatic nitrogens is 2. The van der Waals surface area contributed by atoms with Gasteiger partial charge in [-0.15, -0.1) is 5.10 Å². The number of amides is 1. The summed E-state index contributed by atoms with van der Waals surface area (Å²) in [6.45, 7) is 2.18. The second kappa shape index (κ2) is 9.26. The number of carbonyl (C=O) groups is 1. The molecule has 2 fully saturated rings. The van der Waals surface area contributed by atoms with Crippen molar-refractivity contribution in [2.75, 3.05) is 36.1 Å². The van der Waals surface area contributed by atoms with Crippen LogP contribution < -0.4 is 9.80 Å². The highest BCUT2D eigenvalue weighted by Gasteiger charge is 2.50. The third kappa shape index (κ3) is 5.17. The van der Waals surface area contributed by atoms with E-state index >= 15 is 0 Å². The van der Waals surface area contributed by atoms with Gasteiger partial charge < -0.3 is 19.0 Å². The summed E-state index contributed by atoms with van der Waals surface area (Å²) in [4.78, 5) is 16.1. The number of hydrogen-bond acceptors (Lipinski definition) is 6. The van der Waals surface area contributed by atoms with Gasteiger partial charge in [-0.05, 0) is 42.0 Å². The SMILES string of the molecule is O=C(Cc1ccc(C(F)(F)F)cc1C(F)(F)F)N(Cc1nnc(N2CC3(COC3)C2)o1)c1ccc(F)cc1. The monoisotopic (exact) mass is 544 g/mol. The average molecular weight is 544 g/mol. The van der Waals surface area contributed by atoms with Gasteiger partial charge in [0.15, 0.2) is 0 Å². The third-order valence-corrected chi connectivity index (χ3v) is 6.41. The molecule has 0 atom stereocenters. The fraction of sp³-hybridized carbons (Fsp3) is 0.375. The largest absolute Gasteiger partial charge is 0.416 e. The molecule has 3 aromatic rings. The Kier molecular flexibility index (Phi) is 6.32. The molecule has 0 radical (unpaired) electrons. The lowest BCUT2D eigenvalue weighted by Crippen LogP contribution is -2.66. The van der Waals surface area contributed by atoms with E-state index in [1.165, 1.54) is 12.1 Å². The van der Waals surface area contributed by atoms with E-state index in [-0.39, 0.29) is 35.6 Å². The van der Waals surface area contributed by atoms with E-state index in [1.54, 1.807) is 0 Å². The van der Waals surface area contributed by atoms with Crippen LogP contribution in [0.4, 0.5) is 42.4 Å². The molecule has 2 saturated heterocycles. The zero-order valence-electron chi connectivity index (χ0n) is 19.4. The van der Waals surface area contributed by atoms with Crippen LogP contribution in [0.5, 0.6) is 0 Å². The molecule has 2 aliphatic heterocycles. The van der Waals surface area contributed by atoms with Crippen molar-refractivity contribution in [1.29, 1.82) is 0 Å². The Morgan fingerprint density at radius 2 is 1.66 bits per heavy atom. The number of halogens is 7. The number of nitrogens with zero attached hydrogens (tertiary/aromatic N) is 4. The van der Waals surface area contributed by atoms with Crippen LogP contribution in [0.25, 0.3) is 0 Å². The van der Waals surface area contributed by atoms with Crippen molar-refractivity contribution in [2.45, 2.75) is 25.3 Å². The lowest BCUT2D eigenvalue weighted by Gasteiger charge is -2.54. The van der Waals surface area contributed by atoms with Crippen LogP contribution in [0.3, 0.4) is 0 Å². The van der Waals surface area contributed by atoms with Gasteiger partial charge in [0.25, 0.3) is 0 Å². The lowest BCUT2D eigenvalue weighted by molar-refractivity contribution is -0.143. The summed E-state index contributed by atoms with van der Waals surface area (Å²) in [5, 5.41) is 7.88. The Morgan fingerprint density at radius 1 is 0.974 bits per heavy atom. The molecule has 202 valence electrons. The summed E-state index contributed by atoms with van der Waals surface area (Å²) < 4.78 is 104. The molecule has 0 unspecified atom stereocenters. The number of alkyl halides is 6. The minimum atomic E-state index is -5.14. The molecule has 1 amide bonds. The molecule has 1 spiro atoms. The van der Waals surface area contributed by atoms with Crippen molar-refractivity contribution in [1.82, 2.24) is 10.2 Å². The number of ether oxygens (including phenoxy) is 1. The second-order valence-electron chi connectivity index (χ2n) is 9.33.